The normalized spacial score (nSPS) is 10.2. The Morgan fingerprint density at radius 1 is 0.939 bits per heavy atom. The summed E-state index contributed by atoms with van der Waals surface area (Å²) in [6.45, 7) is 0.867. The Balaban J connectivity index is 1.24. The number of hydrogen-bond acceptors (Lipinski definition) is 4. The molecule has 4 rings (SSSR count). The van der Waals surface area contributed by atoms with E-state index in [1.54, 1.807) is 6.20 Å². The molecular weight excluding hydrogens is 414 g/mol. The average molecular weight is 438 g/mol. The number of ketones is 1. The quantitative estimate of drug-likeness (QED) is 0.332. The Kier molecular flexibility index (Phi) is 6.98. The van der Waals surface area contributed by atoms with Gasteiger partial charge in [-0.15, -0.1) is 0 Å². The van der Waals surface area contributed by atoms with Gasteiger partial charge in [-0.05, 0) is 53.4 Å². The molecule has 7 heteroatoms. The fraction of sp³-hybridized carbons (Fsp3) is 0.115. The van der Waals surface area contributed by atoms with E-state index in [1.807, 2.05) is 72.9 Å². The number of pyridine rings is 1. The number of urea groups is 1. The van der Waals surface area contributed by atoms with Crippen molar-refractivity contribution in [3.05, 3.63) is 95.8 Å². The Labute approximate surface area is 191 Å². The largest absolute Gasteiger partial charge is 0.377 e. The summed E-state index contributed by atoms with van der Waals surface area (Å²) in [7, 11) is 0. The van der Waals surface area contributed by atoms with Crippen LogP contribution in [0, 0.1) is 11.8 Å². The number of aromatic nitrogens is 2. The number of fused-ring (bicyclic) bond motifs is 1. The van der Waals surface area contributed by atoms with Crippen LogP contribution in [0.4, 0.5) is 10.5 Å². The molecule has 0 aliphatic heterocycles. The fourth-order valence-electron chi connectivity index (χ4n) is 3.27. The predicted octanol–water partition coefficient (Wildman–Crippen LogP) is 3.60. The lowest BCUT2D eigenvalue weighted by atomic mass is 10.2. The zero-order valence-corrected chi connectivity index (χ0v) is 17.9. The summed E-state index contributed by atoms with van der Waals surface area (Å²) in [4.78, 5) is 31.6. The molecule has 0 aliphatic carbocycles. The number of carbonyl (C=O) groups is 2. The smallest absolute Gasteiger partial charge is 0.315 e. The molecule has 0 bridgehead atoms. The molecule has 0 saturated heterocycles. The van der Waals surface area contributed by atoms with Crippen LogP contribution in [0.3, 0.4) is 0 Å². The number of aromatic amines is 1. The van der Waals surface area contributed by atoms with E-state index < -0.39 is 0 Å². The summed E-state index contributed by atoms with van der Waals surface area (Å²) < 4.78 is 0. The summed E-state index contributed by atoms with van der Waals surface area (Å²) in [5.41, 5.74) is 4.29. The maximum Gasteiger partial charge on any atom is 0.315 e. The lowest BCUT2D eigenvalue weighted by Gasteiger charge is -2.10. The number of nitrogens with one attached hydrogen (secondary N) is 4. The van der Waals surface area contributed by atoms with Crippen molar-refractivity contribution in [2.24, 2.45) is 0 Å². The Morgan fingerprint density at radius 2 is 1.79 bits per heavy atom. The van der Waals surface area contributed by atoms with Crippen LogP contribution < -0.4 is 16.0 Å². The van der Waals surface area contributed by atoms with Crippen LogP contribution in [0.5, 0.6) is 0 Å². The molecule has 0 fully saturated rings. The number of carbonyl (C=O) groups excluding carboxylic acids is 2. The molecule has 0 spiro atoms. The molecule has 0 radical (unpaired) electrons. The molecule has 2 amide bonds. The van der Waals surface area contributed by atoms with Crippen molar-refractivity contribution in [2.75, 3.05) is 11.9 Å². The molecule has 0 atom stereocenters. The second kappa shape index (κ2) is 10.6. The molecule has 2 aromatic carbocycles. The Morgan fingerprint density at radius 3 is 2.67 bits per heavy atom. The van der Waals surface area contributed by atoms with E-state index in [4.69, 9.17) is 0 Å². The average Bonchev–Trinajstić information content (AvgIpc) is 3.34. The topological polar surface area (TPSA) is 98.9 Å². The summed E-state index contributed by atoms with van der Waals surface area (Å²) in [5.74, 6) is 5.30. The van der Waals surface area contributed by atoms with E-state index in [-0.39, 0.29) is 18.4 Å². The highest BCUT2D eigenvalue weighted by molar-refractivity contribution is 5.99. The first-order valence-corrected chi connectivity index (χ1v) is 10.5. The number of Topliss-reactive ketones (excluding diaryl/α,β-unsaturated/α-hetero) is 1. The number of rotatable bonds is 7. The molecule has 164 valence electrons. The third-order valence-corrected chi connectivity index (χ3v) is 4.94. The standard InChI is InChI=1S/C26H23N5O2/c32-23(10-9-19-5-2-1-3-6-19)18-29-22-8-4-7-20(15-22)16-30-26(33)31-17-21-11-13-27-25-24(21)12-14-28-25/h1-8,11-15,29H,16-18H2,(H,27,28)(H2,30,31,33). The highest BCUT2D eigenvalue weighted by Crippen LogP contribution is 2.14. The number of benzene rings is 2. The fourth-order valence-corrected chi connectivity index (χ4v) is 3.27. The van der Waals surface area contributed by atoms with Gasteiger partial charge in [-0.1, -0.05) is 36.3 Å². The third kappa shape index (κ3) is 6.21. The van der Waals surface area contributed by atoms with Gasteiger partial charge >= 0.3 is 6.03 Å². The van der Waals surface area contributed by atoms with Crippen LogP contribution in [-0.2, 0) is 17.9 Å². The van der Waals surface area contributed by atoms with Gasteiger partial charge in [0.1, 0.15) is 5.65 Å². The van der Waals surface area contributed by atoms with E-state index >= 15 is 0 Å². The highest BCUT2D eigenvalue weighted by Gasteiger charge is 2.06. The van der Waals surface area contributed by atoms with Crippen molar-refractivity contribution >= 4 is 28.5 Å². The van der Waals surface area contributed by atoms with Gasteiger partial charge in [-0.25, -0.2) is 9.78 Å². The molecule has 7 nitrogen and oxygen atoms in total. The van der Waals surface area contributed by atoms with Gasteiger partial charge in [0.25, 0.3) is 0 Å². The van der Waals surface area contributed by atoms with Crippen molar-refractivity contribution < 1.29 is 9.59 Å². The van der Waals surface area contributed by atoms with Crippen molar-refractivity contribution in [3.63, 3.8) is 0 Å². The minimum atomic E-state index is -0.264. The lowest BCUT2D eigenvalue weighted by molar-refractivity contribution is -0.112. The summed E-state index contributed by atoms with van der Waals surface area (Å²) in [5, 5.41) is 9.78. The van der Waals surface area contributed by atoms with Crippen LogP contribution in [0.1, 0.15) is 16.7 Å². The van der Waals surface area contributed by atoms with Gasteiger partial charge < -0.3 is 20.9 Å². The third-order valence-electron chi connectivity index (χ3n) is 4.94. The summed E-state index contributed by atoms with van der Waals surface area (Å²) in [6, 6.07) is 20.5. The predicted molar refractivity (Wildman–Crippen MR) is 128 cm³/mol. The van der Waals surface area contributed by atoms with Gasteiger partial charge in [-0.2, -0.15) is 0 Å². The molecule has 2 aromatic heterocycles. The molecule has 2 heterocycles. The van der Waals surface area contributed by atoms with Gasteiger partial charge in [0.05, 0.1) is 6.54 Å². The first-order valence-electron chi connectivity index (χ1n) is 10.5. The Bertz CT molecular complexity index is 1320. The van der Waals surface area contributed by atoms with Crippen LogP contribution in [0.15, 0.2) is 79.1 Å². The SMILES string of the molecule is O=C(C#Cc1ccccc1)CNc1cccc(CNC(=O)NCc2ccnc3[nH]ccc23)c1. The number of H-pyrrole nitrogens is 1. The van der Waals surface area contributed by atoms with E-state index in [9.17, 15) is 9.59 Å². The molecule has 0 aliphatic rings. The van der Waals surface area contributed by atoms with Gasteiger partial charge in [-0.3, -0.25) is 4.79 Å². The number of hydrogen-bond donors (Lipinski definition) is 4. The molecule has 4 aromatic rings. The van der Waals surface area contributed by atoms with Crippen molar-refractivity contribution in [2.45, 2.75) is 13.1 Å². The van der Waals surface area contributed by atoms with Crippen molar-refractivity contribution in [3.8, 4) is 11.8 Å². The first kappa shape index (κ1) is 21.7. The van der Waals surface area contributed by atoms with Crippen molar-refractivity contribution in [1.82, 2.24) is 20.6 Å². The minimum Gasteiger partial charge on any atom is -0.377 e. The zero-order valence-electron chi connectivity index (χ0n) is 17.9. The molecule has 0 unspecified atom stereocenters. The molecule has 33 heavy (non-hydrogen) atoms. The Hall–Kier alpha value is -4.57. The van der Waals surface area contributed by atoms with Crippen molar-refractivity contribution in [1.29, 1.82) is 0 Å². The second-order valence-corrected chi connectivity index (χ2v) is 7.34. The second-order valence-electron chi connectivity index (χ2n) is 7.34. The summed E-state index contributed by atoms with van der Waals surface area (Å²) in [6.07, 6.45) is 3.54. The van der Waals surface area contributed by atoms with E-state index in [1.165, 1.54) is 0 Å². The van der Waals surface area contributed by atoms with E-state index in [0.717, 1.165) is 33.4 Å². The maximum absolute atomic E-state index is 12.2. The van der Waals surface area contributed by atoms with Gasteiger partial charge in [0.2, 0.25) is 5.78 Å². The lowest BCUT2D eigenvalue weighted by Crippen LogP contribution is -2.34. The van der Waals surface area contributed by atoms with Crippen LogP contribution in [-0.4, -0.2) is 28.3 Å². The van der Waals surface area contributed by atoms with Gasteiger partial charge in [0, 0.05) is 42.1 Å². The first-order chi connectivity index (χ1) is 16.2. The minimum absolute atomic E-state index is 0.108. The maximum atomic E-state index is 12.2. The number of amides is 2. The van der Waals surface area contributed by atoms with Gasteiger partial charge in [0.15, 0.2) is 0 Å². The number of nitrogens with zero attached hydrogens (tertiary/aromatic N) is 1. The van der Waals surface area contributed by atoms with Crippen LogP contribution >= 0.6 is 0 Å². The highest BCUT2D eigenvalue weighted by atomic mass is 16.2. The van der Waals surface area contributed by atoms with E-state index in [0.29, 0.717) is 13.1 Å². The molecule has 4 N–H and O–H groups in total. The monoisotopic (exact) mass is 437 g/mol. The van der Waals surface area contributed by atoms with Crippen LogP contribution in [0.2, 0.25) is 0 Å². The van der Waals surface area contributed by atoms with E-state index in [2.05, 4.69) is 37.8 Å². The zero-order chi connectivity index (χ0) is 22.9. The summed E-state index contributed by atoms with van der Waals surface area (Å²) >= 11 is 0. The number of anilines is 1. The molecule has 0 saturated carbocycles. The van der Waals surface area contributed by atoms with Crippen LogP contribution in [0.25, 0.3) is 11.0 Å². The molecular formula is C26H23N5O2.